The SMILES string of the molecule is Cc1ccc(C)c(S(=O)(=O)c2ccc(N)cc2)c1. The van der Waals surface area contributed by atoms with Gasteiger partial charge in [-0.25, -0.2) is 8.42 Å². The van der Waals surface area contributed by atoms with Crippen molar-refractivity contribution in [2.75, 3.05) is 5.73 Å². The Bertz CT molecular complexity index is 673. The van der Waals surface area contributed by atoms with Gasteiger partial charge in [-0.15, -0.1) is 0 Å². The molecule has 2 aromatic rings. The zero-order chi connectivity index (χ0) is 13.3. The largest absolute Gasteiger partial charge is 0.399 e. The molecule has 0 aliphatic rings. The first-order chi connectivity index (χ1) is 8.41. The third kappa shape index (κ3) is 2.24. The quantitative estimate of drug-likeness (QED) is 0.845. The molecule has 2 rings (SSSR count). The van der Waals surface area contributed by atoms with E-state index in [-0.39, 0.29) is 4.90 Å². The molecule has 0 fully saturated rings. The summed E-state index contributed by atoms with van der Waals surface area (Å²) in [5, 5.41) is 0. The molecule has 0 bridgehead atoms. The van der Waals surface area contributed by atoms with Gasteiger partial charge in [0.1, 0.15) is 0 Å². The molecule has 0 saturated heterocycles. The van der Waals surface area contributed by atoms with E-state index in [1.54, 1.807) is 25.1 Å². The van der Waals surface area contributed by atoms with E-state index in [2.05, 4.69) is 0 Å². The van der Waals surface area contributed by atoms with E-state index < -0.39 is 9.84 Å². The fourth-order valence-corrected chi connectivity index (χ4v) is 3.35. The molecule has 0 amide bonds. The van der Waals surface area contributed by atoms with Crippen molar-refractivity contribution in [3.63, 3.8) is 0 Å². The highest BCUT2D eigenvalue weighted by Gasteiger charge is 2.19. The lowest BCUT2D eigenvalue weighted by molar-refractivity contribution is 0.595. The second-order valence-electron chi connectivity index (χ2n) is 4.34. The third-order valence-electron chi connectivity index (χ3n) is 2.82. The molecule has 0 atom stereocenters. The zero-order valence-corrected chi connectivity index (χ0v) is 11.2. The number of nitrogens with two attached hydrogens (primary N) is 1. The molecule has 0 aromatic heterocycles. The van der Waals surface area contributed by atoms with Gasteiger partial charge in [0.05, 0.1) is 9.79 Å². The summed E-state index contributed by atoms with van der Waals surface area (Å²) in [5.74, 6) is 0. The first kappa shape index (κ1) is 12.6. The molecular formula is C14H15NO2S. The van der Waals surface area contributed by atoms with Crippen LogP contribution in [0.25, 0.3) is 0 Å². The van der Waals surface area contributed by atoms with Gasteiger partial charge in [0.25, 0.3) is 0 Å². The lowest BCUT2D eigenvalue weighted by atomic mass is 10.2. The van der Waals surface area contributed by atoms with Gasteiger partial charge in [-0.2, -0.15) is 0 Å². The summed E-state index contributed by atoms with van der Waals surface area (Å²) in [7, 11) is -3.46. The van der Waals surface area contributed by atoms with Crippen molar-refractivity contribution in [3.05, 3.63) is 53.6 Å². The van der Waals surface area contributed by atoms with Crippen LogP contribution in [0, 0.1) is 13.8 Å². The summed E-state index contributed by atoms with van der Waals surface area (Å²) in [6, 6.07) is 11.7. The van der Waals surface area contributed by atoms with Crippen molar-refractivity contribution in [1.82, 2.24) is 0 Å². The Morgan fingerprint density at radius 3 is 2.17 bits per heavy atom. The van der Waals surface area contributed by atoms with Crippen molar-refractivity contribution in [3.8, 4) is 0 Å². The number of hydrogen-bond acceptors (Lipinski definition) is 3. The average molecular weight is 261 g/mol. The normalized spacial score (nSPS) is 11.4. The number of anilines is 1. The Balaban J connectivity index is 2.61. The average Bonchev–Trinajstić information content (AvgIpc) is 2.32. The minimum absolute atomic E-state index is 0.269. The van der Waals surface area contributed by atoms with Crippen LogP contribution in [0.15, 0.2) is 52.3 Å². The van der Waals surface area contributed by atoms with Crippen LogP contribution in [-0.2, 0) is 9.84 Å². The summed E-state index contributed by atoms with van der Waals surface area (Å²) in [4.78, 5) is 0.623. The molecule has 0 aliphatic heterocycles. The fourth-order valence-electron chi connectivity index (χ4n) is 1.77. The maximum Gasteiger partial charge on any atom is 0.206 e. The van der Waals surface area contributed by atoms with Gasteiger partial charge in [0, 0.05) is 5.69 Å². The molecule has 0 spiro atoms. The van der Waals surface area contributed by atoms with Crippen LogP contribution in [0.3, 0.4) is 0 Å². The van der Waals surface area contributed by atoms with E-state index in [0.29, 0.717) is 10.6 Å². The predicted molar refractivity (Wildman–Crippen MR) is 72.2 cm³/mol. The number of sulfone groups is 1. The van der Waals surface area contributed by atoms with Gasteiger partial charge in [0.2, 0.25) is 9.84 Å². The van der Waals surface area contributed by atoms with Crippen molar-refractivity contribution in [2.24, 2.45) is 0 Å². The first-order valence-corrected chi connectivity index (χ1v) is 7.07. The van der Waals surface area contributed by atoms with E-state index >= 15 is 0 Å². The minimum Gasteiger partial charge on any atom is -0.399 e. The van der Waals surface area contributed by atoms with Crippen LogP contribution >= 0.6 is 0 Å². The molecule has 2 N–H and O–H groups in total. The highest BCUT2D eigenvalue weighted by molar-refractivity contribution is 7.91. The monoisotopic (exact) mass is 261 g/mol. The predicted octanol–water partition coefficient (Wildman–Crippen LogP) is 2.72. The van der Waals surface area contributed by atoms with E-state index in [1.165, 1.54) is 12.1 Å². The molecule has 0 unspecified atom stereocenters. The van der Waals surface area contributed by atoms with E-state index in [9.17, 15) is 8.42 Å². The smallest absolute Gasteiger partial charge is 0.206 e. The molecule has 2 aromatic carbocycles. The number of benzene rings is 2. The Morgan fingerprint density at radius 1 is 0.944 bits per heavy atom. The van der Waals surface area contributed by atoms with Crippen molar-refractivity contribution < 1.29 is 8.42 Å². The van der Waals surface area contributed by atoms with Crippen molar-refractivity contribution in [2.45, 2.75) is 23.6 Å². The van der Waals surface area contributed by atoms with Gasteiger partial charge >= 0.3 is 0 Å². The van der Waals surface area contributed by atoms with Crippen LogP contribution in [-0.4, -0.2) is 8.42 Å². The van der Waals surface area contributed by atoms with Gasteiger partial charge in [-0.1, -0.05) is 12.1 Å². The fraction of sp³-hybridized carbons (Fsp3) is 0.143. The van der Waals surface area contributed by atoms with E-state index in [0.717, 1.165) is 11.1 Å². The lowest BCUT2D eigenvalue weighted by Gasteiger charge is -2.09. The molecule has 0 saturated carbocycles. The molecule has 94 valence electrons. The maximum atomic E-state index is 12.5. The summed E-state index contributed by atoms with van der Waals surface area (Å²) in [6.45, 7) is 3.67. The molecular weight excluding hydrogens is 246 g/mol. The summed E-state index contributed by atoms with van der Waals surface area (Å²) < 4.78 is 25.0. The summed E-state index contributed by atoms with van der Waals surface area (Å²) in [5.41, 5.74) is 7.79. The van der Waals surface area contributed by atoms with Crippen LogP contribution in [0.5, 0.6) is 0 Å². The number of aryl methyl sites for hydroxylation is 2. The maximum absolute atomic E-state index is 12.5. The van der Waals surface area contributed by atoms with Gasteiger partial charge in [-0.05, 0) is 55.3 Å². The van der Waals surface area contributed by atoms with Crippen molar-refractivity contribution in [1.29, 1.82) is 0 Å². The molecule has 0 radical (unpaired) electrons. The topological polar surface area (TPSA) is 60.2 Å². The minimum atomic E-state index is -3.46. The summed E-state index contributed by atoms with van der Waals surface area (Å²) >= 11 is 0. The number of nitrogen functional groups attached to an aromatic ring is 1. The molecule has 18 heavy (non-hydrogen) atoms. The standard InChI is InChI=1S/C14H15NO2S/c1-10-3-4-11(2)14(9-10)18(16,17)13-7-5-12(15)6-8-13/h3-9H,15H2,1-2H3. The van der Waals surface area contributed by atoms with Crippen LogP contribution in [0.4, 0.5) is 5.69 Å². The second-order valence-corrected chi connectivity index (χ2v) is 6.26. The Kier molecular flexibility index (Phi) is 3.13. The van der Waals surface area contributed by atoms with Gasteiger partial charge < -0.3 is 5.73 Å². The molecule has 3 nitrogen and oxygen atoms in total. The Labute approximate surface area is 107 Å². The summed E-state index contributed by atoms with van der Waals surface area (Å²) in [6.07, 6.45) is 0. The van der Waals surface area contributed by atoms with Crippen molar-refractivity contribution >= 4 is 15.5 Å². The zero-order valence-electron chi connectivity index (χ0n) is 10.3. The second kappa shape index (κ2) is 4.46. The highest BCUT2D eigenvalue weighted by atomic mass is 32.2. The highest BCUT2D eigenvalue weighted by Crippen LogP contribution is 2.25. The number of hydrogen-bond donors (Lipinski definition) is 1. The first-order valence-electron chi connectivity index (χ1n) is 5.59. The van der Waals surface area contributed by atoms with Crippen LogP contribution in [0.1, 0.15) is 11.1 Å². The van der Waals surface area contributed by atoms with Crippen LogP contribution < -0.4 is 5.73 Å². The van der Waals surface area contributed by atoms with Crippen LogP contribution in [0.2, 0.25) is 0 Å². The van der Waals surface area contributed by atoms with E-state index in [4.69, 9.17) is 5.73 Å². The van der Waals surface area contributed by atoms with E-state index in [1.807, 2.05) is 19.1 Å². The van der Waals surface area contributed by atoms with Gasteiger partial charge in [0.15, 0.2) is 0 Å². The lowest BCUT2D eigenvalue weighted by Crippen LogP contribution is -2.04. The molecule has 0 heterocycles. The molecule has 4 heteroatoms. The Hall–Kier alpha value is -1.81. The number of rotatable bonds is 2. The van der Waals surface area contributed by atoms with Gasteiger partial charge in [-0.3, -0.25) is 0 Å². The molecule has 0 aliphatic carbocycles. The Morgan fingerprint density at radius 2 is 1.56 bits per heavy atom. The third-order valence-corrected chi connectivity index (χ3v) is 4.74.